The number of anilines is 1. The summed E-state index contributed by atoms with van der Waals surface area (Å²) in [5.74, 6) is -0.890. The number of carboxylic acids is 1. The normalized spacial score (nSPS) is 10.7. The predicted molar refractivity (Wildman–Crippen MR) is 97.8 cm³/mol. The van der Waals surface area contributed by atoms with E-state index >= 15 is 0 Å². The third-order valence-corrected chi connectivity index (χ3v) is 3.42. The fourth-order valence-electron chi connectivity index (χ4n) is 2.09. The lowest BCUT2D eigenvalue weighted by atomic mass is 10.1. The molecule has 0 saturated carbocycles. The van der Waals surface area contributed by atoms with Crippen LogP contribution in [0.4, 0.5) is 5.69 Å². The lowest BCUT2D eigenvalue weighted by Crippen LogP contribution is -2.13. The second-order valence-corrected chi connectivity index (χ2v) is 5.42. The van der Waals surface area contributed by atoms with Crippen LogP contribution < -0.4 is 10.1 Å². The van der Waals surface area contributed by atoms with Crippen molar-refractivity contribution in [3.8, 4) is 11.8 Å². The minimum absolute atomic E-state index is 0.0606. The van der Waals surface area contributed by atoms with Crippen LogP contribution in [0.2, 0.25) is 0 Å². The van der Waals surface area contributed by atoms with E-state index in [1.54, 1.807) is 24.3 Å². The van der Waals surface area contributed by atoms with Crippen LogP contribution in [0, 0.1) is 11.3 Å². The SMILES string of the molecule is CCCOc1ccc(/C=C(\C#N)C(=O)Nc2ccc(C(=O)O)cc2)cc1. The van der Waals surface area contributed by atoms with Gasteiger partial charge in [-0.1, -0.05) is 19.1 Å². The molecule has 0 unspecified atom stereocenters. The van der Waals surface area contributed by atoms with Crippen molar-refractivity contribution in [1.82, 2.24) is 0 Å². The highest BCUT2D eigenvalue weighted by Gasteiger charge is 2.10. The molecule has 132 valence electrons. The van der Waals surface area contributed by atoms with Gasteiger partial charge in [-0.2, -0.15) is 5.26 Å². The van der Waals surface area contributed by atoms with E-state index in [9.17, 15) is 14.9 Å². The van der Waals surface area contributed by atoms with Gasteiger partial charge in [-0.3, -0.25) is 4.79 Å². The number of carbonyl (C=O) groups is 2. The highest BCUT2D eigenvalue weighted by molar-refractivity contribution is 6.09. The van der Waals surface area contributed by atoms with E-state index in [0.717, 1.165) is 12.2 Å². The number of aromatic carboxylic acids is 1. The molecule has 0 heterocycles. The van der Waals surface area contributed by atoms with Crippen LogP contribution in [0.3, 0.4) is 0 Å². The Morgan fingerprint density at radius 3 is 2.35 bits per heavy atom. The van der Waals surface area contributed by atoms with Gasteiger partial charge in [0.05, 0.1) is 12.2 Å². The monoisotopic (exact) mass is 350 g/mol. The quantitative estimate of drug-likeness (QED) is 0.585. The van der Waals surface area contributed by atoms with Crippen molar-refractivity contribution < 1.29 is 19.4 Å². The Kier molecular flexibility index (Phi) is 6.52. The van der Waals surface area contributed by atoms with E-state index < -0.39 is 11.9 Å². The van der Waals surface area contributed by atoms with E-state index in [2.05, 4.69) is 5.32 Å². The van der Waals surface area contributed by atoms with Crippen molar-refractivity contribution in [2.45, 2.75) is 13.3 Å². The summed E-state index contributed by atoms with van der Waals surface area (Å²) in [6.07, 6.45) is 2.39. The molecule has 2 aromatic carbocycles. The molecule has 0 radical (unpaired) electrons. The molecular weight excluding hydrogens is 332 g/mol. The van der Waals surface area contributed by atoms with Crippen LogP contribution in [0.25, 0.3) is 6.08 Å². The number of nitriles is 1. The number of nitrogens with one attached hydrogen (secondary N) is 1. The van der Waals surface area contributed by atoms with Gasteiger partial charge in [-0.15, -0.1) is 0 Å². The van der Waals surface area contributed by atoms with Gasteiger partial charge in [0.15, 0.2) is 0 Å². The zero-order valence-electron chi connectivity index (χ0n) is 14.2. The molecule has 0 aliphatic carbocycles. The molecule has 0 bridgehead atoms. The largest absolute Gasteiger partial charge is 0.494 e. The number of benzene rings is 2. The third-order valence-electron chi connectivity index (χ3n) is 3.42. The fourth-order valence-corrected chi connectivity index (χ4v) is 2.09. The number of carboxylic acid groups (broad SMARTS) is 1. The summed E-state index contributed by atoms with van der Waals surface area (Å²) >= 11 is 0. The maximum atomic E-state index is 12.2. The zero-order valence-corrected chi connectivity index (χ0v) is 14.2. The minimum atomic E-state index is -1.05. The fraction of sp³-hybridized carbons (Fsp3) is 0.150. The number of rotatable bonds is 7. The topological polar surface area (TPSA) is 99.4 Å². The lowest BCUT2D eigenvalue weighted by Gasteiger charge is -2.06. The average Bonchev–Trinajstić information content (AvgIpc) is 2.65. The molecule has 2 rings (SSSR count). The molecule has 2 N–H and O–H groups in total. The Morgan fingerprint density at radius 1 is 1.15 bits per heavy atom. The molecule has 0 aliphatic rings. The maximum absolute atomic E-state index is 12.2. The summed E-state index contributed by atoms with van der Waals surface area (Å²) in [5, 5.41) is 20.7. The smallest absolute Gasteiger partial charge is 0.335 e. The van der Waals surface area contributed by atoms with E-state index in [1.165, 1.54) is 30.3 Å². The first kappa shape index (κ1) is 18.7. The first-order valence-corrected chi connectivity index (χ1v) is 8.03. The van der Waals surface area contributed by atoms with Crippen molar-refractivity contribution in [2.75, 3.05) is 11.9 Å². The molecule has 6 nitrogen and oxygen atoms in total. The summed E-state index contributed by atoms with van der Waals surface area (Å²) in [4.78, 5) is 23.1. The maximum Gasteiger partial charge on any atom is 0.335 e. The number of hydrogen-bond donors (Lipinski definition) is 2. The van der Waals surface area contributed by atoms with E-state index in [1.807, 2.05) is 13.0 Å². The van der Waals surface area contributed by atoms with Gasteiger partial charge in [-0.05, 0) is 54.5 Å². The van der Waals surface area contributed by atoms with Gasteiger partial charge in [0, 0.05) is 5.69 Å². The van der Waals surface area contributed by atoms with Crippen molar-refractivity contribution >= 4 is 23.6 Å². The second kappa shape index (κ2) is 9.04. The standard InChI is InChI=1S/C20H18N2O4/c1-2-11-26-18-9-3-14(4-10-18)12-16(13-21)19(23)22-17-7-5-15(6-8-17)20(24)25/h3-10,12H,2,11H2,1H3,(H,22,23)(H,24,25)/b16-12+. The third kappa shape index (κ3) is 5.21. The van der Waals surface area contributed by atoms with Gasteiger partial charge < -0.3 is 15.2 Å². The molecule has 0 atom stereocenters. The van der Waals surface area contributed by atoms with E-state index in [-0.39, 0.29) is 11.1 Å². The summed E-state index contributed by atoms with van der Waals surface area (Å²) in [6.45, 7) is 2.64. The molecule has 0 saturated heterocycles. The van der Waals surface area contributed by atoms with Crippen LogP contribution >= 0.6 is 0 Å². The van der Waals surface area contributed by atoms with Gasteiger partial charge in [0.2, 0.25) is 0 Å². The molecule has 0 aliphatic heterocycles. The van der Waals surface area contributed by atoms with Gasteiger partial charge in [0.1, 0.15) is 17.4 Å². The Balaban J connectivity index is 2.08. The number of ether oxygens (including phenoxy) is 1. The number of hydrogen-bond acceptors (Lipinski definition) is 4. The molecule has 26 heavy (non-hydrogen) atoms. The first-order valence-electron chi connectivity index (χ1n) is 8.03. The van der Waals surface area contributed by atoms with Crippen molar-refractivity contribution in [1.29, 1.82) is 5.26 Å². The Hall–Kier alpha value is -3.59. The van der Waals surface area contributed by atoms with Gasteiger partial charge in [-0.25, -0.2) is 4.79 Å². The predicted octanol–water partition coefficient (Wildman–Crippen LogP) is 3.72. The molecule has 1 amide bonds. The summed E-state index contributed by atoms with van der Waals surface area (Å²) < 4.78 is 5.49. The number of carbonyl (C=O) groups excluding carboxylic acids is 1. The van der Waals surface area contributed by atoms with Crippen LogP contribution in [-0.4, -0.2) is 23.6 Å². The molecule has 0 fully saturated rings. The molecule has 0 aromatic heterocycles. The molecule has 2 aromatic rings. The van der Waals surface area contributed by atoms with Crippen molar-refractivity contribution in [3.05, 3.63) is 65.2 Å². The van der Waals surface area contributed by atoms with Crippen molar-refractivity contribution in [2.24, 2.45) is 0 Å². The highest BCUT2D eigenvalue weighted by atomic mass is 16.5. The van der Waals surface area contributed by atoms with E-state index in [0.29, 0.717) is 17.9 Å². The molecular formula is C20H18N2O4. The summed E-state index contributed by atoms with van der Waals surface area (Å²) in [6, 6.07) is 14.6. The second-order valence-electron chi connectivity index (χ2n) is 5.42. The number of nitrogens with zero attached hydrogens (tertiary/aromatic N) is 1. The Labute approximate surface area is 151 Å². The van der Waals surface area contributed by atoms with Crippen LogP contribution in [0.15, 0.2) is 54.1 Å². The van der Waals surface area contributed by atoms with E-state index in [4.69, 9.17) is 9.84 Å². The van der Waals surface area contributed by atoms with Crippen LogP contribution in [0.5, 0.6) is 5.75 Å². The molecule has 0 spiro atoms. The molecule has 6 heteroatoms. The number of amides is 1. The van der Waals surface area contributed by atoms with Crippen molar-refractivity contribution in [3.63, 3.8) is 0 Å². The zero-order chi connectivity index (χ0) is 18.9. The summed E-state index contributed by atoms with van der Waals surface area (Å²) in [7, 11) is 0. The highest BCUT2D eigenvalue weighted by Crippen LogP contribution is 2.16. The van der Waals surface area contributed by atoms with Crippen LogP contribution in [0.1, 0.15) is 29.3 Å². The van der Waals surface area contributed by atoms with Gasteiger partial charge in [0.25, 0.3) is 5.91 Å². The Bertz CT molecular complexity index is 847. The van der Waals surface area contributed by atoms with Crippen LogP contribution in [-0.2, 0) is 4.79 Å². The lowest BCUT2D eigenvalue weighted by molar-refractivity contribution is -0.112. The first-order chi connectivity index (χ1) is 12.5. The summed E-state index contributed by atoms with van der Waals surface area (Å²) in [5.41, 5.74) is 1.16. The Morgan fingerprint density at radius 2 is 1.81 bits per heavy atom. The average molecular weight is 350 g/mol. The minimum Gasteiger partial charge on any atom is -0.494 e. The van der Waals surface area contributed by atoms with Gasteiger partial charge >= 0.3 is 5.97 Å².